The molecular formula is C14H13Br2NO3S. The largest absolute Gasteiger partial charge is 0.492 e. The lowest BCUT2D eigenvalue weighted by molar-refractivity contribution is 0.342. The van der Waals surface area contributed by atoms with Crippen LogP contribution in [0.4, 0.5) is 5.69 Å². The third-order valence-corrected chi connectivity index (χ3v) is 5.47. The SMILES string of the molecule is CCOc1ccccc1NS(=O)(=O)c1cc(Br)ccc1Br. The third kappa shape index (κ3) is 3.99. The number of para-hydroxylation sites is 2. The first-order valence-electron chi connectivity index (χ1n) is 6.13. The van der Waals surface area contributed by atoms with Crippen LogP contribution in [0.1, 0.15) is 6.92 Å². The third-order valence-electron chi connectivity index (χ3n) is 2.61. The van der Waals surface area contributed by atoms with Gasteiger partial charge >= 0.3 is 0 Å². The maximum Gasteiger partial charge on any atom is 0.263 e. The highest BCUT2D eigenvalue weighted by Crippen LogP contribution is 2.30. The molecule has 2 aromatic rings. The fourth-order valence-electron chi connectivity index (χ4n) is 1.72. The zero-order valence-corrected chi connectivity index (χ0v) is 15.1. The molecule has 0 spiro atoms. The molecule has 0 aliphatic carbocycles. The van der Waals surface area contributed by atoms with Crippen molar-refractivity contribution < 1.29 is 13.2 Å². The van der Waals surface area contributed by atoms with Gasteiger partial charge in [-0.25, -0.2) is 8.42 Å². The summed E-state index contributed by atoms with van der Waals surface area (Å²) < 4.78 is 34.2. The second-order valence-electron chi connectivity index (χ2n) is 4.11. The van der Waals surface area contributed by atoms with Crippen molar-refractivity contribution in [3.63, 3.8) is 0 Å². The Morgan fingerprint density at radius 3 is 2.57 bits per heavy atom. The second kappa shape index (κ2) is 6.81. The molecule has 21 heavy (non-hydrogen) atoms. The van der Waals surface area contributed by atoms with Crippen LogP contribution in [0.15, 0.2) is 56.3 Å². The van der Waals surface area contributed by atoms with E-state index < -0.39 is 10.0 Å². The molecule has 0 atom stereocenters. The minimum Gasteiger partial charge on any atom is -0.492 e. The summed E-state index contributed by atoms with van der Waals surface area (Å²) in [6.07, 6.45) is 0. The molecule has 1 N–H and O–H groups in total. The van der Waals surface area contributed by atoms with Crippen molar-refractivity contribution >= 4 is 47.6 Å². The van der Waals surface area contributed by atoms with Crippen LogP contribution in [-0.4, -0.2) is 15.0 Å². The van der Waals surface area contributed by atoms with Crippen molar-refractivity contribution in [3.8, 4) is 5.75 Å². The molecular weight excluding hydrogens is 422 g/mol. The van der Waals surface area contributed by atoms with Crippen molar-refractivity contribution in [3.05, 3.63) is 51.4 Å². The number of anilines is 1. The van der Waals surface area contributed by atoms with Gasteiger partial charge in [-0.1, -0.05) is 28.1 Å². The molecule has 2 aromatic carbocycles. The van der Waals surface area contributed by atoms with Crippen LogP contribution in [0.25, 0.3) is 0 Å². The Balaban J connectivity index is 2.40. The van der Waals surface area contributed by atoms with E-state index in [0.29, 0.717) is 27.0 Å². The quantitative estimate of drug-likeness (QED) is 0.758. The molecule has 0 amide bonds. The van der Waals surface area contributed by atoms with Crippen molar-refractivity contribution in [1.29, 1.82) is 0 Å². The average molecular weight is 435 g/mol. The van der Waals surface area contributed by atoms with Gasteiger partial charge in [0.15, 0.2) is 0 Å². The van der Waals surface area contributed by atoms with Gasteiger partial charge in [0, 0.05) is 8.95 Å². The Kier molecular flexibility index (Phi) is 5.29. The molecule has 112 valence electrons. The maximum atomic E-state index is 12.5. The number of hydrogen-bond donors (Lipinski definition) is 1. The van der Waals surface area contributed by atoms with Crippen LogP contribution in [-0.2, 0) is 10.0 Å². The van der Waals surface area contributed by atoms with E-state index in [1.807, 2.05) is 6.92 Å². The Bertz CT molecular complexity index is 748. The van der Waals surface area contributed by atoms with Gasteiger partial charge in [0.2, 0.25) is 0 Å². The van der Waals surface area contributed by atoms with Gasteiger partial charge in [-0.05, 0) is 53.2 Å². The molecule has 0 aromatic heterocycles. The molecule has 2 rings (SSSR count). The molecule has 4 nitrogen and oxygen atoms in total. The highest BCUT2D eigenvalue weighted by atomic mass is 79.9. The van der Waals surface area contributed by atoms with E-state index in [9.17, 15) is 8.42 Å². The number of ether oxygens (including phenoxy) is 1. The molecule has 0 aliphatic heterocycles. The Labute approximate surface area is 140 Å². The Morgan fingerprint density at radius 2 is 1.86 bits per heavy atom. The highest BCUT2D eigenvalue weighted by molar-refractivity contribution is 9.11. The summed E-state index contributed by atoms with van der Waals surface area (Å²) >= 11 is 6.53. The monoisotopic (exact) mass is 433 g/mol. The number of rotatable bonds is 5. The van der Waals surface area contributed by atoms with E-state index >= 15 is 0 Å². The van der Waals surface area contributed by atoms with Crippen LogP contribution in [0, 0.1) is 0 Å². The number of hydrogen-bond acceptors (Lipinski definition) is 3. The summed E-state index contributed by atoms with van der Waals surface area (Å²) in [5.41, 5.74) is 0.409. The van der Waals surface area contributed by atoms with Crippen molar-refractivity contribution in [2.45, 2.75) is 11.8 Å². The Morgan fingerprint density at radius 1 is 1.14 bits per heavy atom. The summed E-state index contributed by atoms with van der Waals surface area (Å²) in [5, 5.41) is 0. The summed E-state index contributed by atoms with van der Waals surface area (Å²) in [5.74, 6) is 0.495. The summed E-state index contributed by atoms with van der Waals surface area (Å²) in [6.45, 7) is 2.30. The average Bonchev–Trinajstić information content (AvgIpc) is 2.43. The van der Waals surface area contributed by atoms with Crippen LogP contribution in [0.2, 0.25) is 0 Å². The molecule has 0 aliphatic rings. The first-order chi connectivity index (χ1) is 9.94. The summed E-state index contributed by atoms with van der Waals surface area (Å²) in [7, 11) is -3.71. The topological polar surface area (TPSA) is 55.4 Å². The predicted molar refractivity (Wildman–Crippen MR) is 90.3 cm³/mol. The minimum absolute atomic E-state index is 0.156. The van der Waals surface area contributed by atoms with Gasteiger partial charge in [0.05, 0.1) is 12.3 Å². The van der Waals surface area contributed by atoms with E-state index in [2.05, 4.69) is 36.6 Å². The molecule has 0 radical (unpaired) electrons. The van der Waals surface area contributed by atoms with E-state index in [-0.39, 0.29) is 4.90 Å². The van der Waals surface area contributed by atoms with Gasteiger partial charge in [-0.3, -0.25) is 4.72 Å². The minimum atomic E-state index is -3.71. The van der Waals surface area contributed by atoms with Crippen LogP contribution >= 0.6 is 31.9 Å². The number of halogens is 2. The van der Waals surface area contributed by atoms with Gasteiger partial charge in [0.1, 0.15) is 10.6 Å². The van der Waals surface area contributed by atoms with Crippen molar-refractivity contribution in [2.75, 3.05) is 11.3 Å². The normalized spacial score (nSPS) is 11.2. The zero-order chi connectivity index (χ0) is 15.5. The predicted octanol–water partition coefficient (Wildman–Crippen LogP) is 4.41. The van der Waals surface area contributed by atoms with Crippen molar-refractivity contribution in [1.82, 2.24) is 0 Å². The molecule has 0 saturated carbocycles. The lowest BCUT2D eigenvalue weighted by atomic mass is 10.3. The Hall–Kier alpha value is -1.05. The van der Waals surface area contributed by atoms with E-state index in [1.165, 1.54) is 6.07 Å². The molecule has 0 heterocycles. The first-order valence-corrected chi connectivity index (χ1v) is 9.20. The van der Waals surface area contributed by atoms with Gasteiger partial charge in [-0.2, -0.15) is 0 Å². The second-order valence-corrected chi connectivity index (χ2v) is 7.53. The van der Waals surface area contributed by atoms with E-state index in [4.69, 9.17) is 4.74 Å². The van der Waals surface area contributed by atoms with Crippen LogP contribution in [0.5, 0.6) is 5.75 Å². The maximum absolute atomic E-state index is 12.5. The smallest absolute Gasteiger partial charge is 0.263 e. The molecule has 0 saturated heterocycles. The first kappa shape index (κ1) is 16.3. The lowest BCUT2D eigenvalue weighted by Gasteiger charge is -2.13. The van der Waals surface area contributed by atoms with Crippen LogP contribution < -0.4 is 9.46 Å². The molecule has 7 heteroatoms. The zero-order valence-electron chi connectivity index (χ0n) is 11.1. The standard InChI is InChI=1S/C14H13Br2NO3S/c1-2-20-13-6-4-3-5-12(13)17-21(18,19)14-9-10(15)7-8-11(14)16/h3-9,17H,2H2,1H3. The fraction of sp³-hybridized carbons (Fsp3) is 0.143. The van der Waals surface area contributed by atoms with E-state index in [1.54, 1.807) is 36.4 Å². The molecule has 0 fully saturated rings. The number of benzene rings is 2. The molecule has 0 bridgehead atoms. The van der Waals surface area contributed by atoms with Crippen LogP contribution in [0.3, 0.4) is 0 Å². The number of sulfonamides is 1. The van der Waals surface area contributed by atoms with Gasteiger partial charge in [-0.15, -0.1) is 0 Å². The summed E-state index contributed by atoms with van der Waals surface area (Å²) in [6, 6.07) is 11.9. The lowest BCUT2D eigenvalue weighted by Crippen LogP contribution is -2.14. The molecule has 0 unspecified atom stereocenters. The van der Waals surface area contributed by atoms with Gasteiger partial charge < -0.3 is 4.74 Å². The fourth-order valence-corrected chi connectivity index (χ4v) is 4.29. The summed E-state index contributed by atoms with van der Waals surface area (Å²) in [4.78, 5) is 0.156. The number of nitrogens with one attached hydrogen (secondary N) is 1. The van der Waals surface area contributed by atoms with Crippen molar-refractivity contribution in [2.24, 2.45) is 0 Å². The van der Waals surface area contributed by atoms with Gasteiger partial charge in [0.25, 0.3) is 10.0 Å². The van der Waals surface area contributed by atoms with E-state index in [0.717, 1.165) is 0 Å². The highest BCUT2D eigenvalue weighted by Gasteiger charge is 2.19.